The number of nitrogens with one attached hydrogen (secondary N) is 1. The van der Waals surface area contributed by atoms with Crippen molar-refractivity contribution in [2.75, 3.05) is 25.6 Å². The molecule has 0 saturated carbocycles. The molecule has 22 heavy (non-hydrogen) atoms. The Morgan fingerprint density at radius 2 is 2.14 bits per heavy atom. The van der Waals surface area contributed by atoms with Crippen LogP contribution in [0, 0.1) is 5.82 Å². The normalized spacial score (nSPS) is 18.6. The molecule has 2 rings (SSSR count). The van der Waals surface area contributed by atoms with Crippen LogP contribution in [0.3, 0.4) is 0 Å². The van der Waals surface area contributed by atoms with E-state index in [0.717, 1.165) is 18.9 Å². The van der Waals surface area contributed by atoms with Crippen LogP contribution in [0.5, 0.6) is 0 Å². The molecule has 122 valence electrons. The number of alkyl halides is 3. The number of urea groups is 1. The summed E-state index contributed by atoms with van der Waals surface area (Å²) in [5, 5.41) is 2.32. The fourth-order valence-electron chi connectivity index (χ4n) is 2.49. The molecular formula is C14H16F4N2O2. The summed E-state index contributed by atoms with van der Waals surface area (Å²) in [5.41, 5.74) is -1.36. The van der Waals surface area contributed by atoms with Gasteiger partial charge in [-0.2, -0.15) is 13.2 Å². The van der Waals surface area contributed by atoms with Gasteiger partial charge in [0.2, 0.25) is 0 Å². The summed E-state index contributed by atoms with van der Waals surface area (Å²) < 4.78 is 56.2. The van der Waals surface area contributed by atoms with Crippen LogP contribution >= 0.6 is 0 Å². The molecule has 1 aliphatic rings. The Hall–Kier alpha value is -1.83. The second kappa shape index (κ2) is 6.51. The van der Waals surface area contributed by atoms with E-state index in [1.807, 2.05) is 0 Å². The van der Waals surface area contributed by atoms with Crippen LogP contribution in [-0.2, 0) is 10.9 Å². The quantitative estimate of drug-likeness (QED) is 0.866. The Labute approximate surface area is 125 Å². The molecule has 1 aromatic carbocycles. The van der Waals surface area contributed by atoms with Crippen LogP contribution in [0.15, 0.2) is 18.2 Å². The van der Waals surface area contributed by atoms with Crippen LogP contribution in [0.4, 0.5) is 28.0 Å². The van der Waals surface area contributed by atoms with E-state index in [0.29, 0.717) is 25.3 Å². The Balaban J connectivity index is 2.13. The van der Waals surface area contributed by atoms with E-state index in [2.05, 4.69) is 5.32 Å². The van der Waals surface area contributed by atoms with Crippen molar-refractivity contribution in [3.05, 3.63) is 29.6 Å². The van der Waals surface area contributed by atoms with Crippen LogP contribution in [0.25, 0.3) is 0 Å². The fraction of sp³-hybridized carbons (Fsp3) is 0.500. The predicted octanol–water partition coefficient (Wildman–Crippen LogP) is 3.49. The van der Waals surface area contributed by atoms with Crippen LogP contribution < -0.4 is 5.32 Å². The molecule has 8 heteroatoms. The van der Waals surface area contributed by atoms with E-state index in [1.165, 1.54) is 12.0 Å². The van der Waals surface area contributed by atoms with Gasteiger partial charge in [0.15, 0.2) is 0 Å². The first-order chi connectivity index (χ1) is 10.3. The van der Waals surface area contributed by atoms with Gasteiger partial charge in [-0.05, 0) is 31.0 Å². The Kier molecular flexibility index (Phi) is 4.90. The molecule has 1 fully saturated rings. The molecule has 1 N–H and O–H groups in total. The third-order valence-electron chi connectivity index (χ3n) is 3.47. The number of halogens is 4. The highest BCUT2D eigenvalue weighted by Crippen LogP contribution is 2.32. The van der Waals surface area contributed by atoms with E-state index < -0.39 is 23.6 Å². The van der Waals surface area contributed by atoms with Crippen molar-refractivity contribution in [3.63, 3.8) is 0 Å². The van der Waals surface area contributed by atoms with Gasteiger partial charge in [0.1, 0.15) is 5.82 Å². The molecule has 1 aliphatic heterocycles. The molecule has 0 aromatic heterocycles. The monoisotopic (exact) mass is 320 g/mol. The summed E-state index contributed by atoms with van der Waals surface area (Å²) in [6.45, 7) is 0.839. The maximum absolute atomic E-state index is 13.3. The summed E-state index contributed by atoms with van der Waals surface area (Å²) in [6.07, 6.45) is -3.12. The number of likely N-dealkylation sites (tertiary alicyclic amines) is 1. The number of benzene rings is 1. The van der Waals surface area contributed by atoms with Crippen molar-refractivity contribution in [2.24, 2.45) is 0 Å². The van der Waals surface area contributed by atoms with Crippen molar-refractivity contribution in [2.45, 2.75) is 25.1 Å². The molecule has 0 radical (unpaired) electrons. The summed E-state index contributed by atoms with van der Waals surface area (Å²) in [6, 6.07) is 1.27. The molecule has 0 spiro atoms. The zero-order valence-electron chi connectivity index (χ0n) is 11.9. The lowest BCUT2D eigenvalue weighted by Crippen LogP contribution is -2.40. The summed E-state index contributed by atoms with van der Waals surface area (Å²) in [4.78, 5) is 13.6. The van der Waals surface area contributed by atoms with Crippen LogP contribution in [-0.4, -0.2) is 37.2 Å². The highest BCUT2D eigenvalue weighted by molar-refractivity contribution is 5.89. The smallest absolute Gasteiger partial charge is 0.383 e. The molecule has 1 aromatic rings. The van der Waals surface area contributed by atoms with Gasteiger partial charge >= 0.3 is 12.2 Å². The maximum atomic E-state index is 13.3. The summed E-state index contributed by atoms with van der Waals surface area (Å²) in [5.74, 6) is -1.06. The second-order valence-electron chi connectivity index (χ2n) is 5.10. The van der Waals surface area contributed by atoms with Crippen LogP contribution in [0.1, 0.15) is 18.4 Å². The van der Waals surface area contributed by atoms with Crippen molar-refractivity contribution < 1.29 is 27.1 Å². The van der Waals surface area contributed by atoms with Gasteiger partial charge in [-0.1, -0.05) is 0 Å². The molecule has 0 bridgehead atoms. The first kappa shape index (κ1) is 16.5. The number of amides is 2. The first-order valence-electron chi connectivity index (χ1n) is 6.75. The van der Waals surface area contributed by atoms with Crippen molar-refractivity contribution in [3.8, 4) is 0 Å². The van der Waals surface area contributed by atoms with Gasteiger partial charge in [0.25, 0.3) is 0 Å². The Bertz CT molecular complexity index is 548. The van der Waals surface area contributed by atoms with E-state index >= 15 is 0 Å². The molecule has 1 heterocycles. The highest BCUT2D eigenvalue weighted by atomic mass is 19.4. The first-order valence-corrected chi connectivity index (χ1v) is 6.75. The number of nitrogens with zero attached hydrogens (tertiary/aromatic N) is 1. The average Bonchev–Trinajstić information content (AvgIpc) is 2.85. The van der Waals surface area contributed by atoms with Gasteiger partial charge in [-0.3, -0.25) is 0 Å². The van der Waals surface area contributed by atoms with Gasteiger partial charge in [-0.25, -0.2) is 9.18 Å². The van der Waals surface area contributed by atoms with Gasteiger partial charge in [-0.15, -0.1) is 0 Å². The summed E-state index contributed by atoms with van der Waals surface area (Å²) in [7, 11) is 1.51. The third kappa shape index (κ3) is 3.88. The average molecular weight is 320 g/mol. The lowest BCUT2D eigenvalue weighted by atomic mass is 10.2. The van der Waals surface area contributed by atoms with E-state index in [9.17, 15) is 22.4 Å². The van der Waals surface area contributed by atoms with E-state index in [-0.39, 0.29) is 11.7 Å². The lowest BCUT2D eigenvalue weighted by Gasteiger charge is -2.24. The van der Waals surface area contributed by atoms with E-state index in [4.69, 9.17) is 4.74 Å². The van der Waals surface area contributed by atoms with E-state index in [1.54, 1.807) is 0 Å². The van der Waals surface area contributed by atoms with Crippen molar-refractivity contribution >= 4 is 11.7 Å². The zero-order valence-corrected chi connectivity index (χ0v) is 11.9. The Morgan fingerprint density at radius 1 is 1.41 bits per heavy atom. The maximum Gasteiger partial charge on any atom is 0.416 e. The molecule has 2 amide bonds. The summed E-state index contributed by atoms with van der Waals surface area (Å²) >= 11 is 0. The second-order valence-corrected chi connectivity index (χ2v) is 5.10. The van der Waals surface area contributed by atoms with Crippen molar-refractivity contribution in [1.29, 1.82) is 0 Å². The number of carbonyl (C=O) groups is 1. The largest absolute Gasteiger partial charge is 0.416 e. The number of ether oxygens (including phenoxy) is 1. The lowest BCUT2D eigenvalue weighted by molar-refractivity contribution is -0.137. The molecule has 0 unspecified atom stereocenters. The number of methoxy groups -OCH3 is 1. The minimum Gasteiger partial charge on any atom is -0.383 e. The minimum atomic E-state index is -4.67. The predicted molar refractivity (Wildman–Crippen MR) is 72.0 cm³/mol. The number of carbonyl (C=O) groups excluding carboxylic acids is 1. The number of hydrogen-bond acceptors (Lipinski definition) is 2. The minimum absolute atomic E-state index is 0.124. The molecule has 1 saturated heterocycles. The Morgan fingerprint density at radius 3 is 2.77 bits per heavy atom. The molecular weight excluding hydrogens is 304 g/mol. The van der Waals surface area contributed by atoms with Gasteiger partial charge < -0.3 is 15.0 Å². The standard InChI is InChI=1S/C14H16F4N2O2/c1-22-8-12-3-2-4-20(12)13(21)19-11-6-9(14(16,17)18)5-10(15)7-11/h5-7,12H,2-4,8H2,1H3,(H,19,21)/t12-/m0/s1. The molecule has 1 atom stereocenters. The topological polar surface area (TPSA) is 41.6 Å². The zero-order chi connectivity index (χ0) is 16.3. The number of rotatable bonds is 3. The van der Waals surface area contributed by atoms with Gasteiger partial charge in [0.05, 0.1) is 18.2 Å². The number of hydrogen-bond donors (Lipinski definition) is 1. The molecule has 0 aliphatic carbocycles. The van der Waals surface area contributed by atoms with Gasteiger partial charge in [0, 0.05) is 19.3 Å². The number of anilines is 1. The molecule has 4 nitrogen and oxygen atoms in total. The third-order valence-corrected chi connectivity index (χ3v) is 3.47. The van der Waals surface area contributed by atoms with Crippen molar-refractivity contribution in [1.82, 2.24) is 4.90 Å². The van der Waals surface area contributed by atoms with Crippen LogP contribution in [0.2, 0.25) is 0 Å². The SMILES string of the molecule is COC[C@@H]1CCCN1C(=O)Nc1cc(F)cc(C(F)(F)F)c1. The fourth-order valence-corrected chi connectivity index (χ4v) is 2.49. The highest BCUT2D eigenvalue weighted by Gasteiger charge is 2.32.